The van der Waals surface area contributed by atoms with Gasteiger partial charge in [0.15, 0.2) is 0 Å². The van der Waals surface area contributed by atoms with Crippen LogP contribution in [-0.4, -0.2) is 6.34 Å². The normalized spacial score (nSPS) is 7.88. The summed E-state index contributed by atoms with van der Waals surface area (Å²) in [6, 6.07) is 0. The number of nitrogens with two attached hydrogens (primary N) is 1. The van der Waals surface area contributed by atoms with E-state index in [2.05, 4.69) is 11.6 Å². The first kappa shape index (κ1) is 10.2. The molecule has 0 heterocycles. The average molecular weight is 114 g/mol. The third kappa shape index (κ3) is 18.9. The summed E-state index contributed by atoms with van der Waals surface area (Å²) in [6.07, 6.45) is 1.22. The second kappa shape index (κ2) is 9.51. The third-order valence-electron chi connectivity index (χ3n) is 0.295. The van der Waals surface area contributed by atoms with Crippen LogP contribution >= 0.6 is 0 Å². The highest BCUT2D eigenvalue weighted by Crippen LogP contribution is 1.81. The first-order valence-electron chi connectivity index (χ1n) is 2.67. The van der Waals surface area contributed by atoms with Crippen molar-refractivity contribution in [1.29, 1.82) is 0 Å². The first-order chi connectivity index (χ1) is 3.77. The van der Waals surface area contributed by atoms with Gasteiger partial charge in [-0.15, -0.1) is 0 Å². The van der Waals surface area contributed by atoms with Gasteiger partial charge in [-0.1, -0.05) is 20.4 Å². The summed E-state index contributed by atoms with van der Waals surface area (Å²) in [5, 5.41) is 0. The molecule has 2 N–H and O–H groups in total. The van der Waals surface area contributed by atoms with Crippen LogP contribution in [0.15, 0.2) is 17.3 Å². The second-order valence-electron chi connectivity index (χ2n) is 1.01. The van der Waals surface area contributed by atoms with Crippen LogP contribution in [0.2, 0.25) is 0 Å². The van der Waals surface area contributed by atoms with E-state index in [9.17, 15) is 0 Å². The van der Waals surface area contributed by atoms with Gasteiger partial charge < -0.3 is 5.73 Å². The number of nitrogens with zero attached hydrogens (tertiary/aromatic N) is 1. The molecule has 0 fully saturated rings. The SMILES string of the molecule is C=C(C)N=CN.CC. The summed E-state index contributed by atoms with van der Waals surface area (Å²) >= 11 is 0. The monoisotopic (exact) mass is 114 g/mol. The van der Waals surface area contributed by atoms with Gasteiger partial charge in [-0.05, 0) is 6.92 Å². The lowest BCUT2D eigenvalue weighted by molar-refractivity contribution is 1.33. The van der Waals surface area contributed by atoms with Gasteiger partial charge in [0.25, 0.3) is 0 Å². The minimum atomic E-state index is 0.734. The van der Waals surface area contributed by atoms with Crippen molar-refractivity contribution >= 4 is 6.34 Å². The highest BCUT2D eigenvalue weighted by Gasteiger charge is 1.64. The Morgan fingerprint density at radius 2 is 2.00 bits per heavy atom. The summed E-state index contributed by atoms with van der Waals surface area (Å²) in [5.74, 6) is 0. The predicted molar refractivity (Wildman–Crippen MR) is 38.8 cm³/mol. The zero-order chi connectivity index (χ0) is 6.99. The molecule has 0 aromatic carbocycles. The standard InChI is InChI=1S/C4H8N2.C2H6/c1-4(2)6-3-5;1-2/h3H,1H2,2H3,(H2,5,6);1-2H3. The first-order valence-corrected chi connectivity index (χ1v) is 2.67. The van der Waals surface area contributed by atoms with Crippen LogP contribution in [0.25, 0.3) is 0 Å². The van der Waals surface area contributed by atoms with E-state index in [1.807, 2.05) is 13.8 Å². The van der Waals surface area contributed by atoms with Crippen LogP contribution in [0.5, 0.6) is 0 Å². The Kier molecular flexibility index (Phi) is 12.2. The molecule has 0 bridgehead atoms. The fourth-order valence-electron chi connectivity index (χ4n) is 0.127. The molecule has 0 rings (SSSR count). The van der Waals surface area contributed by atoms with Crippen LogP contribution in [-0.2, 0) is 0 Å². The average Bonchev–Trinajstić information content (AvgIpc) is 1.72. The Labute approximate surface area is 51.1 Å². The zero-order valence-electron chi connectivity index (χ0n) is 5.81. The van der Waals surface area contributed by atoms with Crippen LogP contribution in [0, 0.1) is 0 Å². The maximum absolute atomic E-state index is 4.88. The third-order valence-corrected chi connectivity index (χ3v) is 0.295. The van der Waals surface area contributed by atoms with Gasteiger partial charge in [-0.2, -0.15) is 0 Å². The maximum atomic E-state index is 4.88. The molecule has 0 saturated heterocycles. The van der Waals surface area contributed by atoms with Crippen molar-refractivity contribution in [3.63, 3.8) is 0 Å². The number of allylic oxidation sites excluding steroid dienone is 1. The lowest BCUT2D eigenvalue weighted by atomic mass is 10.6. The summed E-state index contributed by atoms with van der Waals surface area (Å²) in [6.45, 7) is 9.25. The second-order valence-corrected chi connectivity index (χ2v) is 1.01. The highest BCUT2D eigenvalue weighted by atomic mass is 14.8. The molecule has 2 heteroatoms. The molecule has 48 valence electrons. The van der Waals surface area contributed by atoms with Crippen molar-refractivity contribution in [2.75, 3.05) is 0 Å². The van der Waals surface area contributed by atoms with E-state index in [1.54, 1.807) is 6.92 Å². The van der Waals surface area contributed by atoms with Gasteiger partial charge in [0.1, 0.15) is 0 Å². The van der Waals surface area contributed by atoms with Crippen LogP contribution < -0.4 is 5.73 Å². The quantitative estimate of drug-likeness (QED) is 0.407. The smallest absolute Gasteiger partial charge is 0.0855 e. The van der Waals surface area contributed by atoms with Gasteiger partial charge in [0.2, 0.25) is 0 Å². The molecule has 0 aromatic heterocycles. The summed E-state index contributed by atoms with van der Waals surface area (Å²) < 4.78 is 0. The van der Waals surface area contributed by atoms with E-state index in [1.165, 1.54) is 6.34 Å². The van der Waals surface area contributed by atoms with Crippen molar-refractivity contribution in [1.82, 2.24) is 0 Å². The predicted octanol–water partition coefficient (Wildman–Crippen LogP) is 1.53. The van der Waals surface area contributed by atoms with Crippen LogP contribution in [0.3, 0.4) is 0 Å². The lowest BCUT2D eigenvalue weighted by Crippen LogP contribution is -1.86. The Morgan fingerprint density at radius 3 is 2.00 bits per heavy atom. The number of hydrogen-bond donors (Lipinski definition) is 1. The van der Waals surface area contributed by atoms with Crippen molar-refractivity contribution in [3.8, 4) is 0 Å². The van der Waals surface area contributed by atoms with Crippen molar-refractivity contribution in [2.45, 2.75) is 20.8 Å². The minimum Gasteiger partial charge on any atom is -0.390 e. The molecular weight excluding hydrogens is 100 g/mol. The Bertz CT molecular complexity index is 74.6. The lowest BCUT2D eigenvalue weighted by Gasteiger charge is -1.77. The molecule has 0 aliphatic heterocycles. The van der Waals surface area contributed by atoms with Crippen molar-refractivity contribution < 1.29 is 0 Å². The molecule has 0 atom stereocenters. The fraction of sp³-hybridized carbons (Fsp3) is 0.500. The van der Waals surface area contributed by atoms with E-state index in [-0.39, 0.29) is 0 Å². The summed E-state index contributed by atoms with van der Waals surface area (Å²) in [5.41, 5.74) is 5.61. The van der Waals surface area contributed by atoms with Gasteiger partial charge in [0, 0.05) is 5.70 Å². The molecule has 0 aliphatic carbocycles. The van der Waals surface area contributed by atoms with Crippen molar-refractivity contribution in [3.05, 3.63) is 12.3 Å². The summed E-state index contributed by atoms with van der Waals surface area (Å²) in [7, 11) is 0. The van der Waals surface area contributed by atoms with Gasteiger partial charge in [-0.3, -0.25) is 0 Å². The number of hydrogen-bond acceptors (Lipinski definition) is 1. The van der Waals surface area contributed by atoms with E-state index in [4.69, 9.17) is 5.73 Å². The Balaban J connectivity index is 0. The van der Waals surface area contributed by atoms with Gasteiger partial charge in [-0.25, -0.2) is 4.99 Å². The minimum absolute atomic E-state index is 0.734. The molecule has 0 radical (unpaired) electrons. The zero-order valence-corrected chi connectivity index (χ0v) is 5.81. The fourth-order valence-corrected chi connectivity index (χ4v) is 0.127. The van der Waals surface area contributed by atoms with E-state index >= 15 is 0 Å². The van der Waals surface area contributed by atoms with Crippen LogP contribution in [0.4, 0.5) is 0 Å². The molecule has 8 heavy (non-hydrogen) atoms. The highest BCUT2D eigenvalue weighted by molar-refractivity contribution is 5.52. The molecule has 0 amide bonds. The topological polar surface area (TPSA) is 38.4 Å². The van der Waals surface area contributed by atoms with Crippen molar-refractivity contribution in [2.24, 2.45) is 10.7 Å². The maximum Gasteiger partial charge on any atom is 0.0855 e. The van der Waals surface area contributed by atoms with E-state index in [0.717, 1.165) is 5.70 Å². The number of rotatable bonds is 1. The van der Waals surface area contributed by atoms with E-state index < -0.39 is 0 Å². The van der Waals surface area contributed by atoms with E-state index in [0.29, 0.717) is 0 Å². The Morgan fingerprint density at radius 1 is 1.62 bits per heavy atom. The number of aliphatic imine (C=N–C) groups is 1. The molecule has 0 aromatic rings. The molecule has 2 nitrogen and oxygen atoms in total. The largest absolute Gasteiger partial charge is 0.390 e. The summed E-state index contributed by atoms with van der Waals surface area (Å²) in [4.78, 5) is 3.58. The molecule has 0 saturated carbocycles. The molecule has 0 aliphatic rings. The molecular formula is C6H14N2. The van der Waals surface area contributed by atoms with Gasteiger partial charge >= 0.3 is 0 Å². The van der Waals surface area contributed by atoms with Gasteiger partial charge in [0.05, 0.1) is 6.34 Å². The Hall–Kier alpha value is -0.790. The molecule has 0 spiro atoms. The molecule has 0 unspecified atom stereocenters. The van der Waals surface area contributed by atoms with Crippen LogP contribution in [0.1, 0.15) is 20.8 Å².